The summed E-state index contributed by atoms with van der Waals surface area (Å²) in [6, 6.07) is 16.2. The van der Waals surface area contributed by atoms with E-state index in [0.29, 0.717) is 34.0 Å². The lowest BCUT2D eigenvalue weighted by molar-refractivity contribution is -0.129. The minimum absolute atomic E-state index is 0.0381. The standard InChI is InChI=1S/C31H33Cl2N3O5S/c1-18(2)15-26(30(39)36-27(17-42)29(38)34-14-13-19-11-12-20(32)16-25(19)33)35-28(37)23-9-5-3-7-21(23)22-8-4-6-10-24(22)31(40)41/h3-12,16,18,26-27,42H,13-15,17H2,1-2H3,(H,34,38)(H,35,37)(H,36,39)(H,40,41)/t26-,27-/m0/s1. The fraction of sp³-hybridized carbons (Fsp3) is 0.290. The van der Waals surface area contributed by atoms with Crippen molar-refractivity contribution in [3.8, 4) is 11.1 Å². The summed E-state index contributed by atoms with van der Waals surface area (Å²) >= 11 is 16.4. The van der Waals surface area contributed by atoms with Crippen molar-refractivity contribution in [2.24, 2.45) is 5.92 Å². The molecule has 11 heteroatoms. The Bertz CT molecular complexity index is 1450. The second kappa shape index (κ2) is 15.6. The number of rotatable bonds is 13. The number of thiol groups is 1. The minimum Gasteiger partial charge on any atom is -0.478 e. The van der Waals surface area contributed by atoms with E-state index in [1.54, 1.807) is 60.7 Å². The zero-order valence-electron chi connectivity index (χ0n) is 23.2. The van der Waals surface area contributed by atoms with Gasteiger partial charge in [-0.1, -0.05) is 79.5 Å². The highest BCUT2D eigenvalue weighted by atomic mass is 35.5. The van der Waals surface area contributed by atoms with Gasteiger partial charge in [0.15, 0.2) is 0 Å². The molecule has 0 bridgehead atoms. The molecule has 0 fully saturated rings. The SMILES string of the molecule is CC(C)C[C@H](NC(=O)c1ccccc1-c1ccccc1C(=O)O)C(=O)N[C@@H](CS)C(=O)NCCc1ccc(Cl)cc1Cl. The molecule has 0 saturated heterocycles. The zero-order chi connectivity index (χ0) is 30.8. The van der Waals surface area contributed by atoms with Crippen molar-refractivity contribution >= 4 is 59.5 Å². The van der Waals surface area contributed by atoms with Gasteiger partial charge in [-0.2, -0.15) is 12.6 Å². The maximum Gasteiger partial charge on any atom is 0.336 e. The topological polar surface area (TPSA) is 125 Å². The van der Waals surface area contributed by atoms with Crippen molar-refractivity contribution in [3.63, 3.8) is 0 Å². The van der Waals surface area contributed by atoms with Gasteiger partial charge in [-0.3, -0.25) is 14.4 Å². The lowest BCUT2D eigenvalue weighted by Crippen LogP contribution is -2.55. The van der Waals surface area contributed by atoms with Crippen LogP contribution in [0, 0.1) is 5.92 Å². The first-order valence-corrected chi connectivity index (χ1v) is 14.8. The molecule has 222 valence electrons. The Balaban J connectivity index is 1.72. The van der Waals surface area contributed by atoms with Gasteiger partial charge in [-0.15, -0.1) is 0 Å². The maximum absolute atomic E-state index is 13.5. The molecule has 42 heavy (non-hydrogen) atoms. The van der Waals surface area contributed by atoms with Crippen molar-refractivity contribution in [2.75, 3.05) is 12.3 Å². The van der Waals surface area contributed by atoms with E-state index in [2.05, 4.69) is 28.6 Å². The average Bonchev–Trinajstić information content (AvgIpc) is 2.96. The van der Waals surface area contributed by atoms with Gasteiger partial charge in [0.1, 0.15) is 12.1 Å². The second-order valence-corrected chi connectivity index (χ2v) is 11.3. The summed E-state index contributed by atoms with van der Waals surface area (Å²) in [7, 11) is 0. The van der Waals surface area contributed by atoms with Crippen molar-refractivity contribution in [1.82, 2.24) is 16.0 Å². The number of carboxylic acid groups (broad SMARTS) is 1. The molecular weight excluding hydrogens is 597 g/mol. The van der Waals surface area contributed by atoms with E-state index in [0.717, 1.165) is 5.56 Å². The van der Waals surface area contributed by atoms with Crippen LogP contribution in [-0.2, 0) is 16.0 Å². The summed E-state index contributed by atoms with van der Waals surface area (Å²) < 4.78 is 0. The smallest absolute Gasteiger partial charge is 0.336 e. The van der Waals surface area contributed by atoms with E-state index < -0.39 is 35.8 Å². The van der Waals surface area contributed by atoms with Crippen LogP contribution in [0.4, 0.5) is 0 Å². The molecule has 8 nitrogen and oxygen atoms in total. The van der Waals surface area contributed by atoms with Gasteiger partial charge in [0.25, 0.3) is 5.91 Å². The van der Waals surface area contributed by atoms with Crippen LogP contribution in [0.1, 0.15) is 46.5 Å². The third kappa shape index (κ3) is 8.98. The Morgan fingerprint density at radius 3 is 2.05 bits per heavy atom. The maximum atomic E-state index is 13.5. The van der Waals surface area contributed by atoms with Crippen molar-refractivity contribution in [1.29, 1.82) is 0 Å². The van der Waals surface area contributed by atoms with Crippen molar-refractivity contribution in [2.45, 2.75) is 38.8 Å². The zero-order valence-corrected chi connectivity index (χ0v) is 25.6. The van der Waals surface area contributed by atoms with Crippen molar-refractivity contribution < 1.29 is 24.3 Å². The first-order valence-electron chi connectivity index (χ1n) is 13.4. The van der Waals surface area contributed by atoms with Gasteiger partial charge >= 0.3 is 5.97 Å². The van der Waals surface area contributed by atoms with Crippen LogP contribution in [0.25, 0.3) is 11.1 Å². The van der Waals surface area contributed by atoms with Gasteiger partial charge < -0.3 is 21.1 Å². The molecule has 3 aromatic rings. The van der Waals surface area contributed by atoms with Crippen LogP contribution in [-0.4, -0.2) is 53.2 Å². The highest BCUT2D eigenvalue weighted by molar-refractivity contribution is 7.80. The normalized spacial score (nSPS) is 12.3. The molecular formula is C31H33Cl2N3O5S. The summed E-state index contributed by atoms with van der Waals surface area (Å²) in [5.41, 5.74) is 1.89. The minimum atomic E-state index is -1.12. The number of hydrogen-bond donors (Lipinski definition) is 5. The molecule has 3 rings (SSSR count). The highest BCUT2D eigenvalue weighted by Crippen LogP contribution is 2.27. The van der Waals surface area contributed by atoms with Crippen LogP contribution in [0.15, 0.2) is 66.7 Å². The van der Waals surface area contributed by atoms with E-state index in [1.807, 2.05) is 13.8 Å². The van der Waals surface area contributed by atoms with E-state index in [9.17, 15) is 24.3 Å². The van der Waals surface area contributed by atoms with Crippen LogP contribution in [0.5, 0.6) is 0 Å². The molecule has 0 aliphatic rings. The van der Waals surface area contributed by atoms with Crippen LogP contribution in [0.2, 0.25) is 10.0 Å². The molecule has 0 aromatic heterocycles. The number of carbonyl (C=O) groups is 4. The number of aromatic carboxylic acids is 1. The molecule has 0 spiro atoms. The molecule has 3 amide bonds. The highest BCUT2D eigenvalue weighted by Gasteiger charge is 2.28. The van der Waals surface area contributed by atoms with Crippen LogP contribution in [0.3, 0.4) is 0 Å². The predicted octanol–water partition coefficient (Wildman–Crippen LogP) is 5.28. The summed E-state index contributed by atoms with van der Waals surface area (Å²) in [5, 5.41) is 18.9. The number of carboxylic acids is 1. The largest absolute Gasteiger partial charge is 0.478 e. The molecule has 0 unspecified atom stereocenters. The summed E-state index contributed by atoms with van der Waals surface area (Å²) in [6.45, 7) is 4.10. The number of hydrogen-bond acceptors (Lipinski definition) is 5. The number of nitrogens with one attached hydrogen (secondary N) is 3. The molecule has 0 aliphatic heterocycles. The molecule has 0 heterocycles. The first kappa shape index (κ1) is 33.0. The monoisotopic (exact) mass is 629 g/mol. The fourth-order valence-corrected chi connectivity index (χ4v) is 5.15. The average molecular weight is 631 g/mol. The first-order chi connectivity index (χ1) is 20.0. The number of benzene rings is 3. The molecule has 2 atom stereocenters. The molecule has 4 N–H and O–H groups in total. The Morgan fingerprint density at radius 2 is 1.45 bits per heavy atom. The van der Waals surface area contributed by atoms with Gasteiger partial charge in [-0.25, -0.2) is 4.79 Å². The molecule has 0 saturated carbocycles. The quantitative estimate of drug-likeness (QED) is 0.165. The number of carbonyl (C=O) groups excluding carboxylic acids is 3. The molecule has 3 aromatic carbocycles. The van der Waals surface area contributed by atoms with E-state index in [-0.39, 0.29) is 29.3 Å². The third-order valence-electron chi connectivity index (χ3n) is 6.47. The Labute approximate surface area is 260 Å². The number of halogens is 2. The Morgan fingerprint density at radius 1 is 0.833 bits per heavy atom. The number of amides is 3. The predicted molar refractivity (Wildman–Crippen MR) is 169 cm³/mol. The van der Waals surface area contributed by atoms with Gasteiger partial charge in [0, 0.05) is 27.9 Å². The van der Waals surface area contributed by atoms with E-state index >= 15 is 0 Å². The Hall–Kier alpha value is -3.53. The molecule has 0 radical (unpaired) electrons. The Kier molecular flexibility index (Phi) is 12.3. The summed E-state index contributed by atoms with van der Waals surface area (Å²) in [4.78, 5) is 51.5. The fourth-order valence-electron chi connectivity index (χ4n) is 4.39. The van der Waals surface area contributed by atoms with Crippen LogP contribution < -0.4 is 16.0 Å². The van der Waals surface area contributed by atoms with E-state index in [4.69, 9.17) is 23.2 Å². The van der Waals surface area contributed by atoms with Gasteiger partial charge in [-0.05, 0) is 59.7 Å². The summed E-state index contributed by atoms with van der Waals surface area (Å²) in [6.07, 6.45) is 0.771. The lowest BCUT2D eigenvalue weighted by atomic mass is 9.94. The van der Waals surface area contributed by atoms with Crippen LogP contribution >= 0.6 is 35.8 Å². The lowest BCUT2D eigenvalue weighted by Gasteiger charge is -2.24. The van der Waals surface area contributed by atoms with Crippen molar-refractivity contribution in [3.05, 3.63) is 93.5 Å². The molecule has 0 aliphatic carbocycles. The van der Waals surface area contributed by atoms with Gasteiger partial charge in [0.05, 0.1) is 5.56 Å². The van der Waals surface area contributed by atoms with E-state index in [1.165, 1.54) is 6.07 Å². The second-order valence-electron chi connectivity index (χ2n) is 10.1. The summed E-state index contributed by atoms with van der Waals surface area (Å²) in [5.74, 6) is -2.54. The third-order valence-corrected chi connectivity index (χ3v) is 7.42. The van der Waals surface area contributed by atoms with Gasteiger partial charge in [0.2, 0.25) is 11.8 Å².